The van der Waals surface area contributed by atoms with Crippen LogP contribution in [-0.4, -0.2) is 75.4 Å². The van der Waals surface area contributed by atoms with Crippen LogP contribution in [0.4, 0.5) is 0 Å². The van der Waals surface area contributed by atoms with Crippen LogP contribution in [0.5, 0.6) is 0 Å². The molecule has 0 unspecified atom stereocenters. The quantitative estimate of drug-likeness (QED) is 0.628. The van der Waals surface area contributed by atoms with Gasteiger partial charge in [0.1, 0.15) is 10.3 Å². The van der Waals surface area contributed by atoms with E-state index in [-0.39, 0.29) is 18.4 Å². The van der Waals surface area contributed by atoms with E-state index < -0.39 is 22.0 Å². The third-order valence-corrected chi connectivity index (χ3v) is 7.59. The number of esters is 1. The number of nitrogens with zero attached hydrogens (tertiary/aromatic N) is 2. The monoisotopic (exact) mass is 417 g/mol. The molecule has 27 heavy (non-hydrogen) atoms. The predicted octanol–water partition coefficient (Wildman–Crippen LogP) is 0.758. The summed E-state index contributed by atoms with van der Waals surface area (Å²) < 4.78 is 31.6. The van der Waals surface area contributed by atoms with Crippen molar-refractivity contribution in [2.75, 3.05) is 39.8 Å². The highest BCUT2D eigenvalue weighted by Crippen LogP contribution is 2.21. The number of thiophene rings is 1. The van der Waals surface area contributed by atoms with Crippen molar-refractivity contribution in [3.05, 3.63) is 17.5 Å². The number of carbonyl (C=O) groups excluding carboxylic acids is 2. The first-order chi connectivity index (χ1) is 12.7. The molecule has 0 aromatic carbocycles. The molecule has 2 heterocycles. The summed E-state index contributed by atoms with van der Waals surface area (Å²) in [5.41, 5.74) is 0. The minimum absolute atomic E-state index is 0.123. The zero-order valence-electron chi connectivity index (χ0n) is 15.9. The van der Waals surface area contributed by atoms with Crippen LogP contribution in [0.15, 0.2) is 21.7 Å². The SMILES string of the molecule is COC(=O)[C@H](CC(C)C)NC(=O)CN1CCN(S(=O)(=O)c2cccs2)CC1. The van der Waals surface area contributed by atoms with Gasteiger partial charge in [-0.2, -0.15) is 4.31 Å². The molecule has 0 aliphatic carbocycles. The molecule has 1 fully saturated rings. The first kappa shape index (κ1) is 21.8. The molecule has 8 nitrogen and oxygen atoms in total. The van der Waals surface area contributed by atoms with E-state index in [1.54, 1.807) is 17.5 Å². The maximum atomic E-state index is 12.5. The highest BCUT2D eigenvalue weighted by Gasteiger charge is 2.30. The number of sulfonamides is 1. The molecular weight excluding hydrogens is 390 g/mol. The number of piperazine rings is 1. The second-order valence-electron chi connectivity index (χ2n) is 6.89. The normalized spacial score (nSPS) is 17.6. The van der Waals surface area contributed by atoms with Crippen molar-refractivity contribution in [3.63, 3.8) is 0 Å². The lowest BCUT2D eigenvalue weighted by atomic mass is 10.0. The predicted molar refractivity (Wildman–Crippen MR) is 103 cm³/mol. The zero-order chi connectivity index (χ0) is 20.0. The summed E-state index contributed by atoms with van der Waals surface area (Å²) in [6.45, 7) is 5.65. The van der Waals surface area contributed by atoms with Gasteiger partial charge in [-0.15, -0.1) is 11.3 Å². The highest BCUT2D eigenvalue weighted by atomic mass is 32.2. The van der Waals surface area contributed by atoms with Gasteiger partial charge in [0.25, 0.3) is 10.0 Å². The smallest absolute Gasteiger partial charge is 0.328 e. The minimum atomic E-state index is -3.45. The number of carbonyl (C=O) groups is 2. The Kier molecular flexibility index (Phi) is 7.78. The van der Waals surface area contributed by atoms with Gasteiger partial charge in [-0.05, 0) is 23.8 Å². The topological polar surface area (TPSA) is 96.0 Å². The first-order valence-corrected chi connectivity index (χ1v) is 11.2. The lowest BCUT2D eigenvalue weighted by molar-refractivity contribution is -0.145. The van der Waals surface area contributed by atoms with E-state index >= 15 is 0 Å². The maximum absolute atomic E-state index is 12.5. The zero-order valence-corrected chi connectivity index (χ0v) is 17.5. The molecule has 1 aromatic heterocycles. The molecule has 152 valence electrons. The van der Waals surface area contributed by atoms with Crippen LogP contribution in [0.1, 0.15) is 20.3 Å². The average molecular weight is 418 g/mol. The van der Waals surface area contributed by atoms with Crippen molar-refractivity contribution in [2.24, 2.45) is 5.92 Å². The number of amides is 1. The molecule has 0 bridgehead atoms. The number of ether oxygens (including phenoxy) is 1. The summed E-state index contributed by atoms with van der Waals surface area (Å²) in [5.74, 6) is -0.482. The summed E-state index contributed by atoms with van der Waals surface area (Å²) >= 11 is 1.20. The summed E-state index contributed by atoms with van der Waals surface area (Å²) in [7, 11) is -2.15. The fourth-order valence-electron chi connectivity index (χ4n) is 2.94. The molecule has 2 rings (SSSR count). The van der Waals surface area contributed by atoms with Crippen LogP contribution >= 0.6 is 11.3 Å². The molecule has 1 saturated heterocycles. The van der Waals surface area contributed by atoms with Gasteiger partial charge in [-0.3, -0.25) is 9.69 Å². The Balaban J connectivity index is 1.86. The minimum Gasteiger partial charge on any atom is -0.467 e. The van der Waals surface area contributed by atoms with Gasteiger partial charge >= 0.3 is 5.97 Å². The van der Waals surface area contributed by atoms with Gasteiger partial charge in [-0.1, -0.05) is 19.9 Å². The van der Waals surface area contributed by atoms with E-state index in [2.05, 4.69) is 5.32 Å². The molecule has 1 aromatic rings. The second-order valence-corrected chi connectivity index (χ2v) is 10.00. The van der Waals surface area contributed by atoms with Gasteiger partial charge in [-0.25, -0.2) is 13.2 Å². The van der Waals surface area contributed by atoms with Crippen LogP contribution in [0.25, 0.3) is 0 Å². The Morgan fingerprint density at radius 3 is 2.44 bits per heavy atom. The number of nitrogens with one attached hydrogen (secondary N) is 1. The molecule has 10 heteroatoms. The molecule has 1 atom stereocenters. The fourth-order valence-corrected chi connectivity index (χ4v) is 5.50. The lowest BCUT2D eigenvalue weighted by Gasteiger charge is -2.33. The first-order valence-electron chi connectivity index (χ1n) is 8.87. The highest BCUT2D eigenvalue weighted by molar-refractivity contribution is 7.91. The Hall–Kier alpha value is -1.49. The molecule has 1 aliphatic rings. The second kappa shape index (κ2) is 9.63. The van der Waals surface area contributed by atoms with Gasteiger partial charge < -0.3 is 10.1 Å². The van der Waals surface area contributed by atoms with Crippen LogP contribution in [0.2, 0.25) is 0 Å². The Bertz CT molecular complexity index is 726. The van der Waals surface area contributed by atoms with E-state index in [0.29, 0.717) is 36.8 Å². The number of hydrogen-bond acceptors (Lipinski definition) is 7. The van der Waals surface area contributed by atoms with Gasteiger partial charge in [0.05, 0.1) is 13.7 Å². The maximum Gasteiger partial charge on any atom is 0.328 e. The molecule has 0 spiro atoms. The van der Waals surface area contributed by atoms with Gasteiger partial charge in [0.2, 0.25) is 5.91 Å². The van der Waals surface area contributed by atoms with E-state index in [0.717, 1.165) is 0 Å². The third-order valence-electron chi connectivity index (χ3n) is 4.32. The largest absolute Gasteiger partial charge is 0.467 e. The number of hydrogen-bond donors (Lipinski definition) is 1. The standard InChI is InChI=1S/C17H27N3O5S2/c1-13(2)11-14(17(22)25-3)18-15(21)12-19-6-8-20(9-7-19)27(23,24)16-5-4-10-26-16/h4-5,10,13-14H,6-9,11-12H2,1-3H3,(H,18,21)/t14-/m0/s1. The third kappa shape index (κ3) is 6.00. The molecule has 1 N–H and O–H groups in total. The molecule has 0 saturated carbocycles. The van der Waals surface area contributed by atoms with E-state index in [1.807, 2.05) is 18.7 Å². The summed E-state index contributed by atoms with van der Waals surface area (Å²) in [4.78, 5) is 26.0. The van der Waals surface area contributed by atoms with Crippen LogP contribution in [0.3, 0.4) is 0 Å². The molecule has 1 amide bonds. The lowest BCUT2D eigenvalue weighted by Crippen LogP contribution is -2.52. The van der Waals surface area contributed by atoms with Gasteiger partial charge in [0.15, 0.2) is 0 Å². The van der Waals surface area contributed by atoms with E-state index in [9.17, 15) is 18.0 Å². The van der Waals surface area contributed by atoms with E-state index in [1.165, 1.54) is 22.8 Å². The fraction of sp³-hybridized carbons (Fsp3) is 0.647. The Labute approximate surface area is 164 Å². The van der Waals surface area contributed by atoms with Crippen molar-refractivity contribution in [1.82, 2.24) is 14.5 Å². The Morgan fingerprint density at radius 1 is 1.26 bits per heavy atom. The average Bonchev–Trinajstić information content (AvgIpc) is 3.16. The van der Waals surface area contributed by atoms with Crippen LogP contribution in [0, 0.1) is 5.92 Å². The summed E-state index contributed by atoms with van der Waals surface area (Å²) in [5, 5.41) is 4.46. The number of methoxy groups -OCH3 is 1. The van der Waals surface area contributed by atoms with Crippen LogP contribution < -0.4 is 5.32 Å². The van der Waals surface area contributed by atoms with Crippen molar-refractivity contribution in [2.45, 2.75) is 30.5 Å². The van der Waals surface area contributed by atoms with Crippen molar-refractivity contribution >= 4 is 33.2 Å². The van der Waals surface area contributed by atoms with Crippen molar-refractivity contribution in [1.29, 1.82) is 0 Å². The van der Waals surface area contributed by atoms with Gasteiger partial charge in [0, 0.05) is 26.2 Å². The van der Waals surface area contributed by atoms with Crippen LogP contribution in [-0.2, 0) is 24.3 Å². The van der Waals surface area contributed by atoms with Crippen molar-refractivity contribution in [3.8, 4) is 0 Å². The molecular formula is C17H27N3O5S2. The summed E-state index contributed by atoms with van der Waals surface area (Å²) in [6.07, 6.45) is 0.505. The molecule has 0 radical (unpaired) electrons. The number of rotatable bonds is 8. The van der Waals surface area contributed by atoms with E-state index in [4.69, 9.17) is 4.74 Å². The summed E-state index contributed by atoms with van der Waals surface area (Å²) in [6, 6.07) is 2.65. The Morgan fingerprint density at radius 2 is 1.93 bits per heavy atom. The molecule has 1 aliphatic heterocycles. The van der Waals surface area contributed by atoms with Crippen molar-refractivity contribution < 1.29 is 22.7 Å².